The van der Waals surface area contributed by atoms with Gasteiger partial charge in [0.05, 0.1) is 12.6 Å². The molecule has 1 heterocycles. The van der Waals surface area contributed by atoms with Crippen LogP contribution in [0.2, 0.25) is 0 Å². The fourth-order valence-corrected chi connectivity index (χ4v) is 4.52. The second-order valence-corrected chi connectivity index (χ2v) is 10.0. The summed E-state index contributed by atoms with van der Waals surface area (Å²) in [6, 6.07) is 16.4. The van der Waals surface area contributed by atoms with Gasteiger partial charge >= 0.3 is 7.60 Å². The van der Waals surface area contributed by atoms with Gasteiger partial charge in [0.25, 0.3) is 0 Å². The predicted octanol–water partition coefficient (Wildman–Crippen LogP) is 5.90. The maximum absolute atomic E-state index is 11.0. The molecule has 6 heteroatoms. The number of hydrogen-bond donors (Lipinski definition) is 2. The molecule has 0 spiro atoms. The summed E-state index contributed by atoms with van der Waals surface area (Å²) in [4.78, 5) is 22.5. The summed E-state index contributed by atoms with van der Waals surface area (Å²) in [7, 11) is -2.20. The molecule has 0 unspecified atom stereocenters. The van der Waals surface area contributed by atoms with Crippen molar-refractivity contribution >= 4 is 18.5 Å². The molecule has 0 saturated carbocycles. The number of ether oxygens (including phenoxy) is 1. The van der Waals surface area contributed by atoms with Gasteiger partial charge in [-0.2, -0.15) is 0 Å². The van der Waals surface area contributed by atoms with Gasteiger partial charge in [0.1, 0.15) is 5.75 Å². The number of benzene rings is 2. The Kier molecular flexibility index (Phi) is 9.51. The molecule has 0 fully saturated rings. The van der Waals surface area contributed by atoms with Crippen molar-refractivity contribution in [3.63, 3.8) is 0 Å². The number of methoxy groups -OCH3 is 1. The fraction of sp³-hybridized carbons (Fsp3) is 0.370. The minimum Gasteiger partial charge on any atom is -0.497 e. The highest BCUT2D eigenvalue weighted by molar-refractivity contribution is 7.51. The van der Waals surface area contributed by atoms with E-state index in [0.717, 1.165) is 72.7 Å². The lowest BCUT2D eigenvalue weighted by Crippen LogP contribution is -1.94. The first-order valence-electron chi connectivity index (χ1n) is 11.5. The molecular weight excluding hydrogens is 433 g/mol. The lowest BCUT2D eigenvalue weighted by molar-refractivity contribution is 0.371. The first-order valence-corrected chi connectivity index (χ1v) is 13.3. The second kappa shape index (κ2) is 12.6. The molecule has 2 aromatic carbocycles. The zero-order chi connectivity index (χ0) is 23.5. The molecule has 3 aromatic rings. The van der Waals surface area contributed by atoms with Gasteiger partial charge in [-0.25, -0.2) is 0 Å². The highest BCUT2D eigenvalue weighted by Gasteiger charge is 2.11. The number of rotatable bonds is 11. The summed E-state index contributed by atoms with van der Waals surface area (Å²) in [5.41, 5.74) is 4.41. The van der Waals surface area contributed by atoms with Crippen molar-refractivity contribution in [2.75, 3.05) is 13.3 Å². The Morgan fingerprint density at radius 2 is 1.82 bits per heavy atom. The average Bonchev–Trinajstić information content (AvgIpc) is 2.81. The maximum atomic E-state index is 11.0. The van der Waals surface area contributed by atoms with E-state index in [1.807, 2.05) is 18.2 Å². The van der Waals surface area contributed by atoms with Crippen molar-refractivity contribution in [3.05, 3.63) is 71.4 Å². The monoisotopic (exact) mass is 465 g/mol. The largest absolute Gasteiger partial charge is 0.497 e. The molecule has 0 aliphatic heterocycles. The molecule has 2 N–H and O–H groups in total. The predicted molar refractivity (Wildman–Crippen MR) is 134 cm³/mol. The van der Waals surface area contributed by atoms with Gasteiger partial charge in [-0.3, -0.25) is 9.55 Å². The molecule has 3 rings (SSSR count). The average molecular weight is 466 g/mol. The van der Waals surface area contributed by atoms with E-state index in [4.69, 9.17) is 14.5 Å². The molecule has 0 amide bonds. The molecule has 0 bridgehead atoms. The maximum Gasteiger partial charge on any atom is 0.325 e. The van der Waals surface area contributed by atoms with Crippen LogP contribution >= 0.6 is 7.60 Å². The SMILES string of the molecule is COc1cccc(CCCCC#Cc2ccc(CCCCCP(=O)(O)O)c3ncccc23)c1. The Labute approximate surface area is 196 Å². The van der Waals surface area contributed by atoms with Crippen molar-refractivity contribution in [2.24, 2.45) is 0 Å². The van der Waals surface area contributed by atoms with E-state index in [0.29, 0.717) is 6.42 Å². The van der Waals surface area contributed by atoms with Crippen LogP contribution in [0.15, 0.2) is 54.7 Å². The number of aryl methyl sites for hydroxylation is 2. The first kappa shape index (κ1) is 25.0. The molecule has 0 atom stereocenters. The summed E-state index contributed by atoms with van der Waals surface area (Å²) in [6.07, 6.45) is 8.82. The fourth-order valence-electron chi connectivity index (χ4n) is 3.88. The van der Waals surface area contributed by atoms with E-state index in [2.05, 4.69) is 47.2 Å². The van der Waals surface area contributed by atoms with Crippen LogP contribution in [0, 0.1) is 11.8 Å². The van der Waals surface area contributed by atoms with Gasteiger partial charge in [0.2, 0.25) is 0 Å². The number of pyridine rings is 1. The summed E-state index contributed by atoms with van der Waals surface area (Å²) in [5, 5.41) is 1.06. The van der Waals surface area contributed by atoms with E-state index >= 15 is 0 Å². The normalized spacial score (nSPS) is 11.2. The van der Waals surface area contributed by atoms with Crippen molar-refractivity contribution in [3.8, 4) is 17.6 Å². The summed E-state index contributed by atoms with van der Waals surface area (Å²) >= 11 is 0. The first-order chi connectivity index (χ1) is 16.0. The summed E-state index contributed by atoms with van der Waals surface area (Å²) < 4.78 is 16.3. The lowest BCUT2D eigenvalue weighted by atomic mass is 10.00. The van der Waals surface area contributed by atoms with Crippen LogP contribution in [-0.4, -0.2) is 28.0 Å². The molecular formula is C27H32NO4P. The number of nitrogens with zero attached hydrogens (tertiary/aromatic N) is 1. The molecule has 0 aliphatic rings. The van der Waals surface area contributed by atoms with E-state index in [9.17, 15) is 4.57 Å². The topological polar surface area (TPSA) is 79.7 Å². The molecule has 0 radical (unpaired) electrons. The lowest BCUT2D eigenvalue weighted by Gasteiger charge is -2.08. The zero-order valence-corrected chi connectivity index (χ0v) is 20.1. The van der Waals surface area contributed by atoms with E-state index in [1.54, 1.807) is 13.3 Å². The van der Waals surface area contributed by atoms with Gasteiger partial charge in [-0.15, -0.1) is 0 Å². The van der Waals surface area contributed by atoms with Crippen molar-refractivity contribution in [1.82, 2.24) is 4.98 Å². The van der Waals surface area contributed by atoms with Crippen molar-refractivity contribution in [1.29, 1.82) is 0 Å². The highest BCUT2D eigenvalue weighted by atomic mass is 31.2. The Morgan fingerprint density at radius 1 is 0.970 bits per heavy atom. The number of aromatic nitrogens is 1. The Hall–Kier alpha value is -2.64. The molecule has 0 saturated heterocycles. The van der Waals surface area contributed by atoms with Gasteiger partial charge in [0.15, 0.2) is 0 Å². The van der Waals surface area contributed by atoms with Crippen molar-refractivity contribution < 1.29 is 19.1 Å². The van der Waals surface area contributed by atoms with Crippen LogP contribution in [0.3, 0.4) is 0 Å². The molecule has 33 heavy (non-hydrogen) atoms. The van der Waals surface area contributed by atoms with Crippen LogP contribution < -0.4 is 4.74 Å². The third kappa shape index (κ3) is 8.33. The molecule has 5 nitrogen and oxygen atoms in total. The smallest absolute Gasteiger partial charge is 0.325 e. The van der Waals surface area contributed by atoms with Crippen LogP contribution in [0.1, 0.15) is 55.2 Å². The minimum absolute atomic E-state index is 0.0416. The van der Waals surface area contributed by atoms with Gasteiger partial charge in [0, 0.05) is 29.7 Å². The van der Waals surface area contributed by atoms with Crippen LogP contribution in [0.4, 0.5) is 0 Å². The summed E-state index contributed by atoms with van der Waals surface area (Å²) in [5.74, 6) is 7.55. The standard InChI is InChI=1S/C27H32NO4P/c1-32-25-15-9-12-22(21-25)11-5-2-3-6-13-23-17-18-24(27-26(23)16-10-19-28-27)14-7-4-8-20-33(29,30)31/h9-10,12,15-19,21H,2-5,7-8,11,14,20H2,1H3,(H2,29,30,31). The van der Waals surface area contributed by atoms with E-state index < -0.39 is 7.60 Å². The highest BCUT2D eigenvalue weighted by Crippen LogP contribution is 2.35. The van der Waals surface area contributed by atoms with Crippen LogP contribution in [-0.2, 0) is 17.4 Å². The Balaban J connectivity index is 1.53. The van der Waals surface area contributed by atoms with E-state index in [-0.39, 0.29) is 6.16 Å². The molecule has 1 aromatic heterocycles. The third-order valence-corrected chi connectivity index (χ3v) is 6.52. The van der Waals surface area contributed by atoms with Gasteiger partial charge < -0.3 is 14.5 Å². The molecule has 0 aliphatic carbocycles. The summed E-state index contributed by atoms with van der Waals surface area (Å²) in [6.45, 7) is 0. The molecule has 174 valence electrons. The van der Waals surface area contributed by atoms with E-state index in [1.165, 1.54) is 5.56 Å². The van der Waals surface area contributed by atoms with Gasteiger partial charge in [-0.1, -0.05) is 42.5 Å². The Morgan fingerprint density at radius 3 is 2.64 bits per heavy atom. The van der Waals surface area contributed by atoms with Crippen molar-refractivity contribution in [2.45, 2.75) is 51.4 Å². The number of hydrogen-bond acceptors (Lipinski definition) is 3. The number of fused-ring (bicyclic) bond motifs is 1. The minimum atomic E-state index is -3.89. The van der Waals surface area contributed by atoms with Gasteiger partial charge in [-0.05, 0) is 73.9 Å². The Bertz CT molecular complexity index is 1160. The van der Waals surface area contributed by atoms with Crippen LogP contribution in [0.5, 0.6) is 5.75 Å². The third-order valence-electron chi connectivity index (χ3n) is 5.62. The quantitative estimate of drug-likeness (QED) is 0.209. The van der Waals surface area contributed by atoms with Crippen LogP contribution in [0.25, 0.3) is 10.9 Å². The zero-order valence-electron chi connectivity index (χ0n) is 19.2. The number of unbranched alkanes of at least 4 members (excludes halogenated alkanes) is 4. The second-order valence-electron chi connectivity index (χ2n) is 8.23.